The number of nitrogens with two attached hydrogens (primary N) is 1. The molecule has 1 amide bonds. The van der Waals surface area contributed by atoms with Crippen molar-refractivity contribution >= 4 is 6.09 Å². The molecule has 13 heavy (non-hydrogen) atoms. The molecule has 0 radical (unpaired) electrons. The van der Waals surface area contributed by atoms with Crippen LogP contribution in [0, 0.1) is 5.92 Å². The highest BCUT2D eigenvalue weighted by Gasteiger charge is 2.30. The SMILES string of the molecule is COC(=O)N1CCC(CN)C(F)C1. The second kappa shape index (κ2) is 4.41. The van der Waals surface area contributed by atoms with Gasteiger partial charge in [-0.1, -0.05) is 0 Å². The fraction of sp³-hybridized carbons (Fsp3) is 0.875. The maximum Gasteiger partial charge on any atom is 0.409 e. The van der Waals surface area contributed by atoms with Gasteiger partial charge in [-0.25, -0.2) is 9.18 Å². The fourth-order valence-electron chi connectivity index (χ4n) is 1.51. The van der Waals surface area contributed by atoms with Gasteiger partial charge in [0.15, 0.2) is 0 Å². The topological polar surface area (TPSA) is 55.6 Å². The molecular formula is C8H15FN2O2. The van der Waals surface area contributed by atoms with Crippen molar-refractivity contribution in [1.82, 2.24) is 4.90 Å². The van der Waals surface area contributed by atoms with Gasteiger partial charge in [0.2, 0.25) is 0 Å². The molecule has 0 saturated carbocycles. The summed E-state index contributed by atoms with van der Waals surface area (Å²) in [6.45, 7) is 0.986. The van der Waals surface area contributed by atoms with Crippen LogP contribution in [0.4, 0.5) is 9.18 Å². The van der Waals surface area contributed by atoms with E-state index in [0.29, 0.717) is 19.5 Å². The lowest BCUT2D eigenvalue weighted by molar-refractivity contribution is 0.0682. The monoisotopic (exact) mass is 190 g/mol. The van der Waals surface area contributed by atoms with Crippen molar-refractivity contribution in [3.8, 4) is 0 Å². The summed E-state index contributed by atoms with van der Waals surface area (Å²) in [4.78, 5) is 12.4. The largest absolute Gasteiger partial charge is 0.453 e. The number of ether oxygens (including phenoxy) is 1. The van der Waals surface area contributed by atoms with Gasteiger partial charge in [0.25, 0.3) is 0 Å². The predicted molar refractivity (Wildman–Crippen MR) is 46.0 cm³/mol. The number of nitrogens with zero attached hydrogens (tertiary/aromatic N) is 1. The minimum atomic E-state index is -1.02. The van der Waals surface area contributed by atoms with Gasteiger partial charge in [-0.15, -0.1) is 0 Å². The Morgan fingerprint density at radius 2 is 2.46 bits per heavy atom. The van der Waals surface area contributed by atoms with E-state index in [1.807, 2.05) is 0 Å². The highest BCUT2D eigenvalue weighted by molar-refractivity contribution is 5.67. The molecule has 2 unspecified atom stereocenters. The zero-order chi connectivity index (χ0) is 9.84. The molecule has 0 spiro atoms. The van der Waals surface area contributed by atoms with E-state index in [4.69, 9.17) is 5.73 Å². The van der Waals surface area contributed by atoms with Gasteiger partial charge < -0.3 is 15.4 Å². The maximum atomic E-state index is 13.3. The van der Waals surface area contributed by atoms with Gasteiger partial charge >= 0.3 is 6.09 Å². The molecule has 1 rings (SSSR count). The van der Waals surface area contributed by atoms with Crippen LogP contribution in [0.2, 0.25) is 0 Å². The molecule has 0 aromatic rings. The Balaban J connectivity index is 2.45. The van der Waals surface area contributed by atoms with Crippen molar-refractivity contribution in [2.45, 2.75) is 12.6 Å². The molecule has 5 heteroatoms. The average Bonchev–Trinajstić information content (AvgIpc) is 2.16. The highest BCUT2D eigenvalue weighted by Crippen LogP contribution is 2.19. The summed E-state index contributed by atoms with van der Waals surface area (Å²) < 4.78 is 17.8. The van der Waals surface area contributed by atoms with Gasteiger partial charge in [-0.2, -0.15) is 0 Å². The standard InChI is InChI=1S/C8H15FN2O2/c1-13-8(12)11-3-2-6(4-10)7(9)5-11/h6-7H,2-5,10H2,1H3. The Labute approximate surface area is 76.8 Å². The second-order valence-corrected chi connectivity index (χ2v) is 3.22. The van der Waals surface area contributed by atoms with E-state index in [9.17, 15) is 9.18 Å². The second-order valence-electron chi connectivity index (χ2n) is 3.22. The van der Waals surface area contributed by atoms with Crippen molar-refractivity contribution in [2.75, 3.05) is 26.7 Å². The number of likely N-dealkylation sites (tertiary alicyclic amines) is 1. The smallest absolute Gasteiger partial charge is 0.409 e. The molecule has 0 bridgehead atoms. The number of hydrogen-bond donors (Lipinski definition) is 1. The molecule has 4 nitrogen and oxygen atoms in total. The van der Waals surface area contributed by atoms with Gasteiger partial charge in [0, 0.05) is 12.5 Å². The molecule has 0 aromatic heterocycles. The first kappa shape index (κ1) is 10.2. The number of alkyl halides is 1. The lowest BCUT2D eigenvalue weighted by atomic mass is 9.95. The van der Waals surface area contributed by atoms with E-state index in [1.165, 1.54) is 12.0 Å². The van der Waals surface area contributed by atoms with Crippen LogP contribution in [0.25, 0.3) is 0 Å². The molecule has 1 saturated heterocycles. The summed E-state index contributed by atoms with van der Waals surface area (Å²) in [5.41, 5.74) is 5.37. The Morgan fingerprint density at radius 1 is 1.77 bits per heavy atom. The number of hydrogen-bond acceptors (Lipinski definition) is 3. The Bertz CT molecular complexity index is 189. The van der Waals surface area contributed by atoms with Crippen molar-refractivity contribution in [1.29, 1.82) is 0 Å². The van der Waals surface area contributed by atoms with E-state index in [2.05, 4.69) is 4.74 Å². The summed E-state index contributed by atoms with van der Waals surface area (Å²) in [5.74, 6) is -0.110. The molecule has 2 N–H and O–H groups in total. The fourth-order valence-corrected chi connectivity index (χ4v) is 1.51. The number of carbonyl (C=O) groups excluding carboxylic acids is 1. The zero-order valence-corrected chi connectivity index (χ0v) is 7.70. The molecule has 1 heterocycles. The molecule has 1 aliphatic heterocycles. The lowest BCUT2D eigenvalue weighted by Crippen LogP contribution is -2.46. The molecule has 1 fully saturated rings. The number of halogens is 1. The third kappa shape index (κ3) is 2.30. The Hall–Kier alpha value is -0.840. The third-order valence-corrected chi connectivity index (χ3v) is 2.41. The van der Waals surface area contributed by atoms with Gasteiger partial charge in [0.05, 0.1) is 13.7 Å². The van der Waals surface area contributed by atoms with Crippen molar-refractivity contribution in [3.05, 3.63) is 0 Å². The first-order valence-corrected chi connectivity index (χ1v) is 4.36. The van der Waals surface area contributed by atoms with Crippen molar-refractivity contribution in [3.63, 3.8) is 0 Å². The van der Waals surface area contributed by atoms with Crippen molar-refractivity contribution in [2.24, 2.45) is 11.7 Å². The molecule has 1 aliphatic rings. The molecule has 2 atom stereocenters. The molecule has 0 aromatic carbocycles. The number of methoxy groups -OCH3 is 1. The number of carbonyl (C=O) groups is 1. The van der Waals surface area contributed by atoms with Crippen LogP contribution in [-0.2, 0) is 4.74 Å². The van der Waals surface area contributed by atoms with Gasteiger partial charge in [0.1, 0.15) is 6.17 Å². The van der Waals surface area contributed by atoms with Crippen LogP contribution in [-0.4, -0.2) is 43.9 Å². The quantitative estimate of drug-likeness (QED) is 0.650. The summed E-state index contributed by atoms with van der Waals surface area (Å²) in [7, 11) is 1.30. The number of rotatable bonds is 1. The summed E-state index contributed by atoms with van der Waals surface area (Å²) in [6.07, 6.45) is -0.858. The molecular weight excluding hydrogens is 175 g/mol. The minimum Gasteiger partial charge on any atom is -0.453 e. The van der Waals surface area contributed by atoms with Gasteiger partial charge in [-0.3, -0.25) is 0 Å². The van der Waals surface area contributed by atoms with Crippen LogP contribution in [0.5, 0.6) is 0 Å². The average molecular weight is 190 g/mol. The van der Waals surface area contributed by atoms with E-state index < -0.39 is 12.3 Å². The minimum absolute atomic E-state index is 0.106. The van der Waals surface area contributed by atoms with Crippen LogP contribution < -0.4 is 5.73 Å². The predicted octanol–water partition coefficient (Wildman–Crippen LogP) is 0.372. The Morgan fingerprint density at radius 3 is 2.92 bits per heavy atom. The maximum absolute atomic E-state index is 13.3. The third-order valence-electron chi connectivity index (χ3n) is 2.41. The molecule has 76 valence electrons. The summed E-state index contributed by atoms with van der Waals surface area (Å²) in [5, 5.41) is 0. The van der Waals surface area contributed by atoms with E-state index in [1.54, 1.807) is 0 Å². The zero-order valence-electron chi connectivity index (χ0n) is 7.70. The summed E-state index contributed by atoms with van der Waals surface area (Å²) >= 11 is 0. The lowest BCUT2D eigenvalue weighted by Gasteiger charge is -2.32. The summed E-state index contributed by atoms with van der Waals surface area (Å²) in [6, 6.07) is 0. The molecule has 0 aliphatic carbocycles. The normalized spacial score (nSPS) is 28.7. The van der Waals surface area contributed by atoms with E-state index in [0.717, 1.165) is 0 Å². The first-order valence-electron chi connectivity index (χ1n) is 4.36. The number of amides is 1. The van der Waals surface area contributed by atoms with E-state index >= 15 is 0 Å². The highest BCUT2D eigenvalue weighted by atomic mass is 19.1. The van der Waals surface area contributed by atoms with E-state index in [-0.39, 0.29) is 12.5 Å². The van der Waals surface area contributed by atoms with Gasteiger partial charge in [-0.05, 0) is 13.0 Å². The van der Waals surface area contributed by atoms with Crippen LogP contribution in [0.1, 0.15) is 6.42 Å². The van der Waals surface area contributed by atoms with Crippen LogP contribution in [0.15, 0.2) is 0 Å². The number of piperidine rings is 1. The van der Waals surface area contributed by atoms with Crippen LogP contribution in [0.3, 0.4) is 0 Å². The first-order chi connectivity index (χ1) is 6.19. The Kier molecular flexibility index (Phi) is 3.48. The van der Waals surface area contributed by atoms with Crippen LogP contribution >= 0.6 is 0 Å². The van der Waals surface area contributed by atoms with Crippen molar-refractivity contribution < 1.29 is 13.9 Å².